The smallest absolute Gasteiger partial charge is 0.136 e. The van der Waals surface area contributed by atoms with Crippen LogP contribution in [0, 0.1) is 0 Å². The molecular weight excluding hydrogens is 102 g/mol. The van der Waals surface area contributed by atoms with E-state index in [1.165, 1.54) is 0 Å². The van der Waals surface area contributed by atoms with Gasteiger partial charge in [-0.3, -0.25) is 0 Å². The molecule has 0 aromatic heterocycles. The van der Waals surface area contributed by atoms with Crippen molar-refractivity contribution in [1.29, 1.82) is 0 Å². The minimum atomic E-state index is 0.144. The molecule has 2 heteroatoms. The summed E-state index contributed by atoms with van der Waals surface area (Å²) >= 11 is 0. The first-order valence-corrected chi connectivity index (χ1v) is 3.04. The van der Waals surface area contributed by atoms with Gasteiger partial charge in [-0.05, 0) is 19.8 Å². The minimum Gasteiger partial charge on any atom is -0.305 e. The van der Waals surface area contributed by atoms with Crippen LogP contribution in [-0.4, -0.2) is 18.4 Å². The third-order valence-corrected chi connectivity index (χ3v) is 1.57. The molecule has 1 N–H and O–H groups in total. The molecule has 2 nitrogen and oxygen atoms in total. The molecule has 8 heavy (non-hydrogen) atoms. The molecule has 1 fully saturated rings. The van der Waals surface area contributed by atoms with Crippen molar-refractivity contribution >= 4 is 6.29 Å². The van der Waals surface area contributed by atoms with Crippen LogP contribution in [0.5, 0.6) is 0 Å². The van der Waals surface area contributed by atoms with E-state index in [4.69, 9.17) is 0 Å². The van der Waals surface area contributed by atoms with Crippen LogP contribution < -0.4 is 5.32 Å². The monoisotopic (exact) mass is 113 g/mol. The predicted octanol–water partition coefficient (Wildman–Crippen LogP) is 0.326. The van der Waals surface area contributed by atoms with Crippen molar-refractivity contribution in [3.05, 3.63) is 0 Å². The lowest BCUT2D eigenvalue weighted by molar-refractivity contribution is -0.109. The van der Waals surface area contributed by atoms with E-state index >= 15 is 0 Å². The van der Waals surface area contributed by atoms with E-state index in [2.05, 4.69) is 12.2 Å². The molecule has 1 aliphatic heterocycles. The molecule has 1 heterocycles. The van der Waals surface area contributed by atoms with Crippen molar-refractivity contribution in [1.82, 2.24) is 5.32 Å². The highest BCUT2D eigenvalue weighted by Crippen LogP contribution is 2.08. The standard InChI is InChI=1S/C6H11NO/c1-5-2-3-6(4-8)7-5/h4-7H,2-3H2,1H3/t5-,6+/m1/s1. The second-order valence-corrected chi connectivity index (χ2v) is 2.39. The van der Waals surface area contributed by atoms with Gasteiger partial charge in [-0.2, -0.15) is 0 Å². The first-order valence-electron chi connectivity index (χ1n) is 3.04. The second-order valence-electron chi connectivity index (χ2n) is 2.39. The Morgan fingerprint density at radius 3 is 2.62 bits per heavy atom. The fraction of sp³-hybridized carbons (Fsp3) is 0.833. The Balaban J connectivity index is 2.32. The van der Waals surface area contributed by atoms with E-state index < -0.39 is 0 Å². The van der Waals surface area contributed by atoms with Crippen molar-refractivity contribution < 1.29 is 4.79 Å². The molecule has 46 valence electrons. The Morgan fingerprint density at radius 2 is 2.38 bits per heavy atom. The Labute approximate surface area is 49.3 Å². The van der Waals surface area contributed by atoms with Gasteiger partial charge >= 0.3 is 0 Å². The average Bonchev–Trinajstić information content (AvgIpc) is 2.14. The molecule has 0 saturated carbocycles. The van der Waals surface area contributed by atoms with Gasteiger partial charge in [0.2, 0.25) is 0 Å². The van der Waals surface area contributed by atoms with Gasteiger partial charge in [0.1, 0.15) is 6.29 Å². The first-order chi connectivity index (χ1) is 3.83. The van der Waals surface area contributed by atoms with Crippen LogP contribution in [-0.2, 0) is 4.79 Å². The molecule has 1 rings (SSSR count). The highest BCUT2D eigenvalue weighted by molar-refractivity contribution is 5.58. The molecule has 0 spiro atoms. The van der Waals surface area contributed by atoms with E-state index in [-0.39, 0.29) is 6.04 Å². The number of carbonyl (C=O) groups excluding carboxylic acids is 1. The number of aldehydes is 1. The Bertz CT molecular complexity index is 92.5. The Hall–Kier alpha value is -0.370. The van der Waals surface area contributed by atoms with Crippen molar-refractivity contribution in [2.75, 3.05) is 0 Å². The molecule has 0 aliphatic carbocycles. The normalized spacial score (nSPS) is 37.6. The molecular formula is C6H11NO. The number of carbonyl (C=O) groups is 1. The summed E-state index contributed by atoms with van der Waals surface area (Å²) in [7, 11) is 0. The predicted molar refractivity (Wildman–Crippen MR) is 31.7 cm³/mol. The fourth-order valence-corrected chi connectivity index (χ4v) is 1.07. The number of hydrogen-bond acceptors (Lipinski definition) is 2. The molecule has 0 aromatic rings. The van der Waals surface area contributed by atoms with Gasteiger partial charge in [0.05, 0.1) is 6.04 Å². The van der Waals surface area contributed by atoms with Crippen LogP contribution in [0.15, 0.2) is 0 Å². The van der Waals surface area contributed by atoms with Crippen molar-refractivity contribution in [2.24, 2.45) is 0 Å². The van der Waals surface area contributed by atoms with Crippen LogP contribution in [0.3, 0.4) is 0 Å². The van der Waals surface area contributed by atoms with Crippen LogP contribution >= 0.6 is 0 Å². The van der Waals surface area contributed by atoms with Gasteiger partial charge in [-0.1, -0.05) is 0 Å². The Morgan fingerprint density at radius 1 is 1.62 bits per heavy atom. The number of nitrogens with one attached hydrogen (secondary N) is 1. The lowest BCUT2D eigenvalue weighted by atomic mass is 10.2. The summed E-state index contributed by atoms with van der Waals surface area (Å²) in [6, 6.07) is 0.690. The third-order valence-electron chi connectivity index (χ3n) is 1.57. The van der Waals surface area contributed by atoms with E-state index in [9.17, 15) is 4.79 Å². The third kappa shape index (κ3) is 1.07. The van der Waals surface area contributed by atoms with Crippen molar-refractivity contribution in [3.8, 4) is 0 Å². The van der Waals surface area contributed by atoms with E-state index in [0.29, 0.717) is 6.04 Å². The molecule has 1 saturated heterocycles. The molecule has 1 aliphatic rings. The van der Waals surface area contributed by atoms with Crippen LogP contribution in [0.2, 0.25) is 0 Å². The van der Waals surface area contributed by atoms with Gasteiger partial charge in [0, 0.05) is 6.04 Å². The zero-order valence-electron chi connectivity index (χ0n) is 5.05. The zero-order valence-corrected chi connectivity index (χ0v) is 5.05. The van der Waals surface area contributed by atoms with Gasteiger partial charge < -0.3 is 10.1 Å². The molecule has 0 aromatic carbocycles. The van der Waals surface area contributed by atoms with E-state index in [1.807, 2.05) is 0 Å². The van der Waals surface area contributed by atoms with Gasteiger partial charge in [0.15, 0.2) is 0 Å². The summed E-state index contributed by atoms with van der Waals surface area (Å²) in [6.07, 6.45) is 3.15. The van der Waals surface area contributed by atoms with Crippen LogP contribution in [0.1, 0.15) is 19.8 Å². The van der Waals surface area contributed by atoms with Gasteiger partial charge in [0.25, 0.3) is 0 Å². The van der Waals surface area contributed by atoms with Crippen molar-refractivity contribution in [2.45, 2.75) is 31.8 Å². The fourth-order valence-electron chi connectivity index (χ4n) is 1.07. The maximum Gasteiger partial charge on any atom is 0.136 e. The van der Waals surface area contributed by atoms with Crippen LogP contribution in [0.25, 0.3) is 0 Å². The van der Waals surface area contributed by atoms with Gasteiger partial charge in [-0.25, -0.2) is 0 Å². The van der Waals surface area contributed by atoms with Crippen molar-refractivity contribution in [3.63, 3.8) is 0 Å². The Kier molecular flexibility index (Phi) is 1.63. The summed E-state index contributed by atoms with van der Waals surface area (Å²) in [5.74, 6) is 0. The SMILES string of the molecule is C[C@@H]1CC[C@@H](C=O)N1. The maximum absolute atomic E-state index is 10.1. The molecule has 2 atom stereocenters. The highest BCUT2D eigenvalue weighted by Gasteiger charge is 2.18. The number of hydrogen-bond donors (Lipinski definition) is 1. The minimum absolute atomic E-state index is 0.144. The lowest BCUT2D eigenvalue weighted by Gasteiger charge is -2.00. The van der Waals surface area contributed by atoms with Gasteiger partial charge in [-0.15, -0.1) is 0 Å². The molecule has 0 radical (unpaired) electrons. The second kappa shape index (κ2) is 2.27. The first kappa shape index (κ1) is 5.76. The quantitative estimate of drug-likeness (QED) is 0.496. The summed E-state index contributed by atoms with van der Waals surface area (Å²) in [6.45, 7) is 2.10. The van der Waals surface area contributed by atoms with E-state index in [0.717, 1.165) is 19.1 Å². The van der Waals surface area contributed by atoms with Crippen LogP contribution in [0.4, 0.5) is 0 Å². The summed E-state index contributed by atoms with van der Waals surface area (Å²) < 4.78 is 0. The summed E-state index contributed by atoms with van der Waals surface area (Å²) in [5, 5.41) is 3.14. The highest BCUT2D eigenvalue weighted by atomic mass is 16.1. The molecule has 0 unspecified atom stereocenters. The summed E-state index contributed by atoms with van der Waals surface area (Å²) in [5.41, 5.74) is 0. The summed E-state index contributed by atoms with van der Waals surface area (Å²) in [4.78, 5) is 10.1. The molecule has 0 amide bonds. The largest absolute Gasteiger partial charge is 0.305 e. The maximum atomic E-state index is 10.1. The molecule has 0 bridgehead atoms. The zero-order chi connectivity index (χ0) is 5.98. The number of rotatable bonds is 1. The lowest BCUT2D eigenvalue weighted by Crippen LogP contribution is -2.27. The topological polar surface area (TPSA) is 29.1 Å². The average molecular weight is 113 g/mol. The van der Waals surface area contributed by atoms with E-state index in [1.54, 1.807) is 0 Å².